The van der Waals surface area contributed by atoms with Crippen LogP contribution in [-0.2, 0) is 4.84 Å². The van der Waals surface area contributed by atoms with Crippen molar-refractivity contribution in [1.29, 1.82) is 0 Å². The van der Waals surface area contributed by atoms with Gasteiger partial charge in [-0.2, -0.15) is 0 Å². The van der Waals surface area contributed by atoms with E-state index in [0.717, 1.165) is 5.69 Å². The van der Waals surface area contributed by atoms with Crippen LogP contribution in [0.2, 0.25) is 0 Å². The van der Waals surface area contributed by atoms with Gasteiger partial charge in [0.05, 0.1) is 42.5 Å². The molecule has 1 aromatic carbocycles. The molecule has 0 aliphatic carbocycles. The maximum atomic E-state index is 14.7. The van der Waals surface area contributed by atoms with E-state index in [-0.39, 0.29) is 17.9 Å². The fourth-order valence-corrected chi connectivity index (χ4v) is 3.59. The predicted molar refractivity (Wildman–Crippen MR) is 135 cm³/mol. The summed E-state index contributed by atoms with van der Waals surface area (Å²) in [6, 6.07) is 5.92. The van der Waals surface area contributed by atoms with Gasteiger partial charge in [-0.1, -0.05) is 0 Å². The van der Waals surface area contributed by atoms with Crippen LogP contribution in [-0.4, -0.2) is 44.5 Å². The molecule has 190 valence electrons. The lowest BCUT2D eigenvalue weighted by Gasteiger charge is -2.18. The van der Waals surface area contributed by atoms with Gasteiger partial charge in [-0.3, -0.25) is 19.6 Å². The third-order valence-electron chi connectivity index (χ3n) is 5.05. The highest BCUT2D eigenvalue weighted by molar-refractivity contribution is 6.00. The summed E-state index contributed by atoms with van der Waals surface area (Å²) >= 11 is 0. The lowest BCUT2D eigenvalue weighted by molar-refractivity contribution is 0.0365. The number of nitrogens with zero attached hydrogens (tertiary/aromatic N) is 5. The fourth-order valence-electron chi connectivity index (χ4n) is 3.59. The zero-order valence-electron chi connectivity index (χ0n) is 20.7. The molecule has 37 heavy (non-hydrogen) atoms. The number of pyridine rings is 1. The number of nitrogens with one attached hydrogen (secondary N) is 3. The van der Waals surface area contributed by atoms with Gasteiger partial charge in [0.2, 0.25) is 0 Å². The van der Waals surface area contributed by atoms with Gasteiger partial charge in [0, 0.05) is 48.0 Å². The number of rotatable bonds is 9. The minimum absolute atomic E-state index is 0.154. The Kier molecular flexibility index (Phi) is 7.79. The van der Waals surface area contributed by atoms with Crippen molar-refractivity contribution in [3.05, 3.63) is 72.0 Å². The summed E-state index contributed by atoms with van der Waals surface area (Å²) < 4.78 is 20.3. The Hall–Kier alpha value is -4.71. The third-order valence-corrected chi connectivity index (χ3v) is 5.05. The first kappa shape index (κ1) is 25.4. The molecule has 4 rings (SSSR count). The molecule has 0 saturated carbocycles. The van der Waals surface area contributed by atoms with Crippen molar-refractivity contribution in [2.24, 2.45) is 0 Å². The zero-order valence-corrected chi connectivity index (χ0v) is 20.7. The van der Waals surface area contributed by atoms with Gasteiger partial charge < -0.3 is 15.4 Å². The van der Waals surface area contributed by atoms with Gasteiger partial charge in [-0.15, -0.1) is 0 Å². The molecule has 0 spiro atoms. The molecule has 4 aromatic rings. The van der Waals surface area contributed by atoms with Gasteiger partial charge in [-0.25, -0.2) is 24.8 Å². The van der Waals surface area contributed by atoms with Crippen molar-refractivity contribution in [3.8, 4) is 17.0 Å². The zero-order chi connectivity index (χ0) is 26.4. The number of aromatic nitrogens is 5. The van der Waals surface area contributed by atoms with Crippen LogP contribution >= 0.6 is 0 Å². The number of ether oxygens (including phenoxy) is 1. The van der Waals surface area contributed by atoms with E-state index in [4.69, 9.17) is 9.57 Å². The number of carbonyl (C=O) groups excluding carboxylic acids is 1. The van der Waals surface area contributed by atoms with Gasteiger partial charge >= 0.3 is 0 Å². The van der Waals surface area contributed by atoms with Crippen molar-refractivity contribution in [2.45, 2.75) is 20.8 Å². The second-order valence-electron chi connectivity index (χ2n) is 7.80. The van der Waals surface area contributed by atoms with Crippen LogP contribution in [0.1, 0.15) is 28.8 Å². The summed E-state index contributed by atoms with van der Waals surface area (Å²) in [5.41, 5.74) is 4.67. The van der Waals surface area contributed by atoms with E-state index >= 15 is 0 Å². The average molecular weight is 505 g/mol. The van der Waals surface area contributed by atoms with Crippen LogP contribution in [0.4, 0.5) is 27.4 Å². The first-order chi connectivity index (χ1) is 17.9. The number of carbonyl (C=O) groups is 1. The van der Waals surface area contributed by atoms with Crippen LogP contribution in [0.25, 0.3) is 11.3 Å². The highest BCUT2D eigenvalue weighted by Gasteiger charge is 2.19. The second-order valence-corrected chi connectivity index (χ2v) is 7.80. The number of hydroxylamine groups is 1. The molecule has 0 aliphatic rings. The standard InChI is InChI=1S/C25H25FN8O3/c1-5-37-34-25(35)18-12-29-22(33-23-8-14(2)30-15(3)31-23)11-19(18)32-20-10-16(26)9-17(24(20)36-4)21-13-27-6-7-28-21/h6-13H,5H2,1-4H3,(H,34,35)(H2,29,30,31,32,33). The molecule has 0 saturated heterocycles. The summed E-state index contributed by atoms with van der Waals surface area (Å²) in [5, 5.41) is 6.22. The van der Waals surface area contributed by atoms with Gasteiger partial charge in [0.25, 0.3) is 5.91 Å². The first-order valence-corrected chi connectivity index (χ1v) is 11.3. The Morgan fingerprint density at radius 1 is 0.973 bits per heavy atom. The van der Waals surface area contributed by atoms with Crippen molar-refractivity contribution >= 4 is 28.9 Å². The Morgan fingerprint density at radius 2 is 1.81 bits per heavy atom. The number of hydrogen-bond acceptors (Lipinski definition) is 10. The largest absolute Gasteiger partial charge is 0.494 e. The molecule has 0 aliphatic heterocycles. The van der Waals surface area contributed by atoms with E-state index in [0.29, 0.717) is 40.2 Å². The van der Waals surface area contributed by atoms with E-state index in [2.05, 4.69) is 41.0 Å². The van der Waals surface area contributed by atoms with Crippen LogP contribution in [0, 0.1) is 19.7 Å². The Morgan fingerprint density at radius 3 is 2.51 bits per heavy atom. The number of anilines is 4. The van der Waals surface area contributed by atoms with Crippen LogP contribution < -0.4 is 20.9 Å². The first-order valence-electron chi connectivity index (χ1n) is 11.3. The van der Waals surface area contributed by atoms with E-state index in [9.17, 15) is 9.18 Å². The van der Waals surface area contributed by atoms with E-state index < -0.39 is 11.7 Å². The lowest BCUT2D eigenvalue weighted by atomic mass is 10.1. The topological polar surface area (TPSA) is 136 Å². The molecule has 3 N–H and O–H groups in total. The van der Waals surface area contributed by atoms with Gasteiger partial charge in [-0.05, 0) is 26.8 Å². The quantitative estimate of drug-likeness (QED) is 0.284. The molecule has 1 amide bonds. The molecule has 3 aromatic heterocycles. The highest BCUT2D eigenvalue weighted by Crippen LogP contribution is 2.38. The van der Waals surface area contributed by atoms with E-state index in [1.165, 1.54) is 44.0 Å². The predicted octanol–water partition coefficient (Wildman–Crippen LogP) is 4.26. The maximum absolute atomic E-state index is 14.7. The number of hydrogen-bond donors (Lipinski definition) is 3. The molecule has 0 radical (unpaired) electrons. The van der Waals surface area contributed by atoms with Gasteiger partial charge in [0.15, 0.2) is 5.75 Å². The SMILES string of the molecule is CCONC(=O)c1cnc(Nc2cc(C)nc(C)n2)cc1Nc1cc(F)cc(-c2cnccn2)c1OC. The Labute approximate surface area is 212 Å². The molecule has 11 nitrogen and oxygen atoms in total. The number of aryl methyl sites for hydroxylation is 2. The summed E-state index contributed by atoms with van der Waals surface area (Å²) in [6.07, 6.45) is 5.89. The molecule has 0 unspecified atom stereocenters. The average Bonchev–Trinajstić information content (AvgIpc) is 2.87. The molecular formula is C25H25FN8O3. The Bertz CT molecular complexity index is 1400. The second kappa shape index (κ2) is 11.4. The van der Waals surface area contributed by atoms with Crippen molar-refractivity contribution in [1.82, 2.24) is 30.4 Å². The number of halogens is 1. The van der Waals surface area contributed by atoms with Crippen LogP contribution in [0.5, 0.6) is 5.75 Å². The molecule has 0 fully saturated rings. The number of benzene rings is 1. The molecule has 0 bridgehead atoms. The maximum Gasteiger partial charge on any atom is 0.278 e. The van der Waals surface area contributed by atoms with Crippen molar-refractivity contribution in [3.63, 3.8) is 0 Å². The molecule has 0 atom stereocenters. The highest BCUT2D eigenvalue weighted by atomic mass is 19.1. The normalized spacial score (nSPS) is 10.6. The van der Waals surface area contributed by atoms with E-state index in [1.54, 1.807) is 26.0 Å². The minimum Gasteiger partial charge on any atom is -0.494 e. The van der Waals surface area contributed by atoms with Crippen molar-refractivity contribution in [2.75, 3.05) is 24.4 Å². The molecular weight excluding hydrogens is 479 g/mol. The Balaban J connectivity index is 1.77. The number of methoxy groups -OCH3 is 1. The van der Waals surface area contributed by atoms with Crippen LogP contribution in [0.3, 0.4) is 0 Å². The molecule has 3 heterocycles. The molecule has 12 heteroatoms. The van der Waals surface area contributed by atoms with E-state index in [1.807, 2.05) is 6.92 Å². The number of amides is 1. The monoisotopic (exact) mass is 504 g/mol. The van der Waals surface area contributed by atoms with Crippen LogP contribution in [0.15, 0.2) is 49.1 Å². The fraction of sp³-hybridized carbons (Fsp3) is 0.200. The smallest absolute Gasteiger partial charge is 0.278 e. The van der Waals surface area contributed by atoms with Crippen molar-refractivity contribution < 1.29 is 18.8 Å². The van der Waals surface area contributed by atoms with Gasteiger partial charge in [0.1, 0.15) is 23.3 Å². The lowest BCUT2D eigenvalue weighted by Crippen LogP contribution is -2.24. The summed E-state index contributed by atoms with van der Waals surface area (Å²) in [5.74, 6) is 0.743. The third kappa shape index (κ3) is 6.11. The summed E-state index contributed by atoms with van der Waals surface area (Å²) in [7, 11) is 1.46. The summed E-state index contributed by atoms with van der Waals surface area (Å²) in [4.78, 5) is 39.1. The summed E-state index contributed by atoms with van der Waals surface area (Å²) in [6.45, 7) is 5.65. The minimum atomic E-state index is -0.540.